The average molecular weight is 259 g/mol. The fourth-order valence-corrected chi connectivity index (χ4v) is 2.07. The van der Waals surface area contributed by atoms with Crippen molar-refractivity contribution in [1.82, 2.24) is 9.38 Å². The lowest BCUT2D eigenvalue weighted by molar-refractivity contribution is -0.117. The minimum atomic E-state index is -0.0175. The van der Waals surface area contributed by atoms with Crippen molar-refractivity contribution in [2.45, 2.75) is 41.0 Å². The zero-order valence-electron chi connectivity index (χ0n) is 12.2. The Morgan fingerprint density at radius 2 is 2.05 bits per heavy atom. The Kier molecular flexibility index (Phi) is 3.35. The highest BCUT2D eigenvalue weighted by Crippen LogP contribution is 2.22. The Hall–Kier alpha value is -1.84. The summed E-state index contributed by atoms with van der Waals surface area (Å²) in [6.07, 6.45) is 2.46. The van der Waals surface area contributed by atoms with Crippen LogP contribution in [0.5, 0.6) is 0 Å². The molecule has 0 saturated heterocycles. The summed E-state index contributed by atoms with van der Waals surface area (Å²) in [7, 11) is 0. The molecule has 0 atom stereocenters. The van der Waals surface area contributed by atoms with E-state index in [0.29, 0.717) is 6.42 Å². The normalized spacial score (nSPS) is 11.8. The molecule has 0 aromatic carbocycles. The van der Waals surface area contributed by atoms with E-state index in [0.717, 1.165) is 22.7 Å². The number of pyridine rings is 1. The van der Waals surface area contributed by atoms with Crippen LogP contribution in [0.4, 0.5) is 5.69 Å². The standard InChI is InChI=1S/C15H21N3O/c1-10-11(2)18-8-6-7-12(14(18)16-10)17-13(19)9-15(3,4)5/h6-8H,9H2,1-5H3,(H,17,19). The Morgan fingerprint density at radius 1 is 1.37 bits per heavy atom. The van der Waals surface area contributed by atoms with Crippen LogP contribution < -0.4 is 5.32 Å². The number of hydrogen-bond acceptors (Lipinski definition) is 2. The maximum absolute atomic E-state index is 12.0. The molecule has 0 saturated carbocycles. The van der Waals surface area contributed by atoms with Crippen molar-refractivity contribution in [2.24, 2.45) is 5.41 Å². The zero-order valence-corrected chi connectivity index (χ0v) is 12.2. The molecule has 0 unspecified atom stereocenters. The van der Waals surface area contributed by atoms with Crippen LogP contribution in [-0.2, 0) is 4.79 Å². The van der Waals surface area contributed by atoms with Crippen LogP contribution >= 0.6 is 0 Å². The smallest absolute Gasteiger partial charge is 0.224 e. The van der Waals surface area contributed by atoms with Gasteiger partial charge in [-0.05, 0) is 31.4 Å². The molecular weight excluding hydrogens is 238 g/mol. The highest BCUT2D eigenvalue weighted by molar-refractivity contribution is 5.94. The van der Waals surface area contributed by atoms with Crippen molar-refractivity contribution in [2.75, 3.05) is 5.32 Å². The molecule has 2 aromatic heterocycles. The third kappa shape index (κ3) is 2.95. The van der Waals surface area contributed by atoms with Crippen LogP contribution in [-0.4, -0.2) is 15.3 Å². The van der Waals surface area contributed by atoms with Crippen LogP contribution in [0.1, 0.15) is 38.6 Å². The molecule has 102 valence electrons. The van der Waals surface area contributed by atoms with Crippen LogP contribution in [0.15, 0.2) is 18.3 Å². The van der Waals surface area contributed by atoms with Gasteiger partial charge in [-0.25, -0.2) is 4.98 Å². The fraction of sp³-hybridized carbons (Fsp3) is 0.467. The van der Waals surface area contributed by atoms with Crippen molar-refractivity contribution < 1.29 is 4.79 Å². The second kappa shape index (κ2) is 4.68. The number of nitrogens with zero attached hydrogens (tertiary/aromatic N) is 2. The SMILES string of the molecule is Cc1nc2c(NC(=O)CC(C)(C)C)cccn2c1C. The summed E-state index contributed by atoms with van der Waals surface area (Å²) in [4.78, 5) is 16.5. The molecule has 0 aliphatic heterocycles. The molecule has 0 aliphatic carbocycles. The van der Waals surface area contributed by atoms with E-state index in [4.69, 9.17) is 0 Å². The van der Waals surface area contributed by atoms with Crippen molar-refractivity contribution in [3.63, 3.8) is 0 Å². The summed E-state index contributed by atoms with van der Waals surface area (Å²) in [5.41, 5.74) is 3.64. The number of amides is 1. The van der Waals surface area contributed by atoms with E-state index < -0.39 is 0 Å². The minimum Gasteiger partial charge on any atom is -0.323 e. The van der Waals surface area contributed by atoms with Crippen LogP contribution in [0.25, 0.3) is 5.65 Å². The van der Waals surface area contributed by atoms with Gasteiger partial charge in [0.2, 0.25) is 5.91 Å². The summed E-state index contributed by atoms with van der Waals surface area (Å²) < 4.78 is 2.00. The molecule has 0 bridgehead atoms. The second-order valence-corrected chi connectivity index (χ2v) is 6.18. The first kappa shape index (κ1) is 13.6. The number of aryl methyl sites for hydroxylation is 2. The Labute approximate surface area is 113 Å². The molecule has 0 spiro atoms. The number of fused-ring (bicyclic) bond motifs is 1. The molecule has 1 N–H and O–H groups in total. The Bertz CT molecular complexity index is 620. The van der Waals surface area contributed by atoms with Gasteiger partial charge < -0.3 is 9.72 Å². The van der Waals surface area contributed by atoms with Crippen molar-refractivity contribution in [1.29, 1.82) is 0 Å². The Morgan fingerprint density at radius 3 is 2.68 bits per heavy atom. The van der Waals surface area contributed by atoms with Crippen LogP contribution in [0.3, 0.4) is 0 Å². The first-order valence-electron chi connectivity index (χ1n) is 6.52. The largest absolute Gasteiger partial charge is 0.323 e. The van der Waals surface area contributed by atoms with Gasteiger partial charge in [0.15, 0.2) is 5.65 Å². The summed E-state index contributed by atoms with van der Waals surface area (Å²) in [6.45, 7) is 10.2. The molecule has 0 fully saturated rings. The predicted molar refractivity (Wildman–Crippen MR) is 77.4 cm³/mol. The van der Waals surface area contributed by atoms with Crippen molar-refractivity contribution >= 4 is 17.2 Å². The lowest BCUT2D eigenvalue weighted by Gasteiger charge is -2.17. The molecule has 0 radical (unpaired) electrons. The third-order valence-corrected chi connectivity index (χ3v) is 3.09. The minimum absolute atomic E-state index is 0.0175. The second-order valence-electron chi connectivity index (χ2n) is 6.18. The Balaban J connectivity index is 2.31. The van der Waals surface area contributed by atoms with E-state index in [9.17, 15) is 4.79 Å². The fourth-order valence-electron chi connectivity index (χ4n) is 2.07. The predicted octanol–water partition coefficient (Wildman–Crippen LogP) is 3.33. The molecule has 1 amide bonds. The third-order valence-electron chi connectivity index (χ3n) is 3.09. The zero-order chi connectivity index (χ0) is 14.2. The summed E-state index contributed by atoms with van der Waals surface area (Å²) in [5, 5.41) is 2.96. The van der Waals surface area contributed by atoms with E-state index >= 15 is 0 Å². The molecule has 19 heavy (non-hydrogen) atoms. The lowest BCUT2D eigenvalue weighted by atomic mass is 9.92. The molecule has 4 heteroatoms. The molecule has 2 aromatic rings. The van der Waals surface area contributed by atoms with Gasteiger partial charge in [-0.3, -0.25) is 4.79 Å². The van der Waals surface area contributed by atoms with E-state index in [1.54, 1.807) is 0 Å². The first-order valence-corrected chi connectivity index (χ1v) is 6.52. The van der Waals surface area contributed by atoms with E-state index in [2.05, 4.69) is 31.1 Å². The van der Waals surface area contributed by atoms with E-state index in [1.807, 2.05) is 36.6 Å². The van der Waals surface area contributed by atoms with Crippen LogP contribution in [0, 0.1) is 19.3 Å². The monoisotopic (exact) mass is 259 g/mol. The van der Waals surface area contributed by atoms with Gasteiger partial charge in [0.1, 0.15) is 0 Å². The maximum atomic E-state index is 12.0. The van der Waals surface area contributed by atoms with Gasteiger partial charge >= 0.3 is 0 Å². The van der Waals surface area contributed by atoms with Crippen LogP contribution in [0.2, 0.25) is 0 Å². The van der Waals surface area contributed by atoms with E-state index in [1.165, 1.54) is 0 Å². The first-order chi connectivity index (χ1) is 8.78. The van der Waals surface area contributed by atoms with Crippen molar-refractivity contribution in [3.8, 4) is 0 Å². The molecule has 0 aliphatic rings. The average Bonchev–Trinajstić information content (AvgIpc) is 2.54. The highest BCUT2D eigenvalue weighted by atomic mass is 16.1. The number of carbonyl (C=O) groups is 1. The number of aromatic nitrogens is 2. The number of hydrogen-bond donors (Lipinski definition) is 1. The number of carbonyl (C=O) groups excluding carboxylic acids is 1. The molecule has 2 heterocycles. The van der Waals surface area contributed by atoms with Crippen molar-refractivity contribution in [3.05, 3.63) is 29.7 Å². The molecular formula is C15H21N3O. The summed E-state index contributed by atoms with van der Waals surface area (Å²) in [6, 6.07) is 3.82. The molecule has 4 nitrogen and oxygen atoms in total. The topological polar surface area (TPSA) is 46.4 Å². The quantitative estimate of drug-likeness (QED) is 0.899. The van der Waals surface area contributed by atoms with Gasteiger partial charge in [0.25, 0.3) is 0 Å². The number of rotatable bonds is 2. The molecule has 2 rings (SSSR count). The number of anilines is 1. The van der Waals surface area contributed by atoms with Gasteiger partial charge in [-0.15, -0.1) is 0 Å². The van der Waals surface area contributed by atoms with E-state index in [-0.39, 0.29) is 11.3 Å². The highest BCUT2D eigenvalue weighted by Gasteiger charge is 2.17. The maximum Gasteiger partial charge on any atom is 0.224 e. The van der Waals surface area contributed by atoms with Gasteiger partial charge in [-0.2, -0.15) is 0 Å². The lowest BCUT2D eigenvalue weighted by Crippen LogP contribution is -2.20. The number of imidazole rings is 1. The summed E-state index contributed by atoms with van der Waals surface area (Å²) >= 11 is 0. The van der Waals surface area contributed by atoms with Gasteiger partial charge in [0, 0.05) is 18.3 Å². The summed E-state index contributed by atoms with van der Waals surface area (Å²) in [5.74, 6) is 0.0268. The number of nitrogens with one attached hydrogen (secondary N) is 1. The van der Waals surface area contributed by atoms with Gasteiger partial charge in [-0.1, -0.05) is 20.8 Å². The van der Waals surface area contributed by atoms with Gasteiger partial charge in [0.05, 0.1) is 11.4 Å².